The number of esters is 1. The van der Waals surface area contributed by atoms with Gasteiger partial charge in [0.05, 0.1) is 12.2 Å². The van der Waals surface area contributed by atoms with E-state index in [1.807, 2.05) is 0 Å². The van der Waals surface area contributed by atoms with Crippen molar-refractivity contribution in [2.75, 3.05) is 6.61 Å². The van der Waals surface area contributed by atoms with E-state index in [4.69, 9.17) is 9.84 Å². The van der Waals surface area contributed by atoms with Crippen molar-refractivity contribution in [2.24, 2.45) is 0 Å². The molecule has 98 valence electrons. The smallest absolute Gasteiger partial charge is 0.336 e. The first kappa shape index (κ1) is 14.2. The van der Waals surface area contributed by atoms with Crippen LogP contribution in [0.15, 0.2) is 24.3 Å². The van der Waals surface area contributed by atoms with Gasteiger partial charge in [-0.25, -0.2) is 4.79 Å². The highest BCUT2D eigenvalue weighted by atomic mass is 16.5. The van der Waals surface area contributed by atoms with E-state index in [2.05, 4.69) is 5.32 Å². The molecule has 1 unspecified atom stereocenters. The number of aromatic carboxylic acids is 1. The molecule has 1 rings (SSSR count). The third-order valence-corrected chi connectivity index (χ3v) is 2.49. The molecule has 0 aliphatic heterocycles. The molecular weight excluding hydrogens is 234 g/mol. The molecule has 18 heavy (non-hydrogen) atoms. The van der Waals surface area contributed by atoms with Gasteiger partial charge in [0, 0.05) is 6.54 Å². The van der Waals surface area contributed by atoms with Crippen molar-refractivity contribution >= 4 is 11.9 Å². The van der Waals surface area contributed by atoms with E-state index in [1.165, 1.54) is 6.07 Å². The van der Waals surface area contributed by atoms with Gasteiger partial charge in [-0.05, 0) is 25.5 Å². The Morgan fingerprint density at radius 2 is 2.06 bits per heavy atom. The molecule has 0 heterocycles. The summed E-state index contributed by atoms with van der Waals surface area (Å²) in [6.07, 6.45) is 0. The fraction of sp³-hybridized carbons (Fsp3) is 0.385. The SMILES string of the molecule is CCOC(=O)C(C)NCc1ccccc1C(=O)O. The average molecular weight is 251 g/mol. The van der Waals surface area contributed by atoms with Crippen LogP contribution < -0.4 is 5.32 Å². The lowest BCUT2D eigenvalue weighted by atomic mass is 10.1. The van der Waals surface area contributed by atoms with E-state index in [9.17, 15) is 9.59 Å². The number of hydrogen-bond acceptors (Lipinski definition) is 4. The topological polar surface area (TPSA) is 75.6 Å². The number of carboxylic acids is 1. The summed E-state index contributed by atoms with van der Waals surface area (Å²) in [4.78, 5) is 22.4. The molecule has 0 aromatic heterocycles. The van der Waals surface area contributed by atoms with Crippen LogP contribution >= 0.6 is 0 Å². The summed E-state index contributed by atoms with van der Waals surface area (Å²) in [5, 5.41) is 11.9. The summed E-state index contributed by atoms with van der Waals surface area (Å²) in [5.41, 5.74) is 0.877. The lowest BCUT2D eigenvalue weighted by molar-refractivity contribution is -0.145. The lowest BCUT2D eigenvalue weighted by Crippen LogP contribution is -2.35. The predicted octanol–water partition coefficient (Wildman–Crippen LogP) is 1.43. The van der Waals surface area contributed by atoms with Crippen molar-refractivity contribution < 1.29 is 19.4 Å². The van der Waals surface area contributed by atoms with E-state index in [-0.39, 0.29) is 11.5 Å². The number of ether oxygens (including phenoxy) is 1. The number of carbonyl (C=O) groups excluding carboxylic acids is 1. The van der Waals surface area contributed by atoms with Crippen LogP contribution in [-0.2, 0) is 16.1 Å². The van der Waals surface area contributed by atoms with Gasteiger partial charge in [-0.1, -0.05) is 18.2 Å². The second-order valence-corrected chi connectivity index (χ2v) is 3.82. The minimum atomic E-state index is -0.976. The van der Waals surface area contributed by atoms with Crippen LogP contribution in [0.5, 0.6) is 0 Å². The van der Waals surface area contributed by atoms with Crippen LogP contribution in [-0.4, -0.2) is 29.7 Å². The summed E-state index contributed by atoms with van der Waals surface area (Å²) in [6, 6.07) is 6.22. The molecule has 0 spiro atoms. The predicted molar refractivity (Wildman–Crippen MR) is 66.3 cm³/mol. The van der Waals surface area contributed by atoms with Crippen molar-refractivity contribution in [3.63, 3.8) is 0 Å². The Bertz CT molecular complexity index is 431. The van der Waals surface area contributed by atoms with Gasteiger partial charge in [0.1, 0.15) is 6.04 Å². The molecule has 0 radical (unpaired) electrons. The number of benzene rings is 1. The van der Waals surface area contributed by atoms with Gasteiger partial charge in [-0.2, -0.15) is 0 Å². The maximum Gasteiger partial charge on any atom is 0.336 e. The molecule has 1 atom stereocenters. The van der Waals surface area contributed by atoms with E-state index in [1.54, 1.807) is 32.0 Å². The molecule has 5 heteroatoms. The third kappa shape index (κ3) is 3.85. The molecule has 0 bridgehead atoms. The van der Waals surface area contributed by atoms with Crippen LogP contribution in [0.2, 0.25) is 0 Å². The zero-order chi connectivity index (χ0) is 13.5. The van der Waals surface area contributed by atoms with Crippen molar-refractivity contribution in [3.8, 4) is 0 Å². The molecule has 0 fully saturated rings. The summed E-state index contributed by atoms with van der Waals surface area (Å²) < 4.78 is 4.85. The summed E-state index contributed by atoms with van der Waals surface area (Å²) in [7, 11) is 0. The van der Waals surface area contributed by atoms with Crippen LogP contribution in [0, 0.1) is 0 Å². The molecule has 0 saturated carbocycles. The van der Waals surface area contributed by atoms with Gasteiger partial charge in [0.2, 0.25) is 0 Å². The van der Waals surface area contributed by atoms with Gasteiger partial charge in [0.15, 0.2) is 0 Å². The minimum Gasteiger partial charge on any atom is -0.478 e. The molecular formula is C13H17NO4. The summed E-state index contributed by atoms with van der Waals surface area (Å²) in [5.74, 6) is -1.32. The van der Waals surface area contributed by atoms with E-state index in [0.717, 1.165) is 0 Å². The van der Waals surface area contributed by atoms with Gasteiger partial charge >= 0.3 is 11.9 Å². The Kier molecular flexibility index (Phi) is 5.32. The molecule has 0 saturated heterocycles. The van der Waals surface area contributed by atoms with Gasteiger partial charge < -0.3 is 15.2 Å². The Labute approximate surface area is 106 Å². The maximum absolute atomic E-state index is 11.4. The number of carboxylic acid groups (broad SMARTS) is 1. The summed E-state index contributed by atoms with van der Waals surface area (Å²) >= 11 is 0. The zero-order valence-electron chi connectivity index (χ0n) is 10.5. The third-order valence-electron chi connectivity index (χ3n) is 2.49. The van der Waals surface area contributed by atoms with Gasteiger partial charge in [-0.3, -0.25) is 4.79 Å². The van der Waals surface area contributed by atoms with Crippen LogP contribution in [0.4, 0.5) is 0 Å². The number of carbonyl (C=O) groups is 2. The quantitative estimate of drug-likeness (QED) is 0.748. The number of nitrogens with one attached hydrogen (secondary N) is 1. The monoisotopic (exact) mass is 251 g/mol. The standard InChI is InChI=1S/C13H17NO4/c1-3-18-13(17)9(2)14-8-10-6-4-5-7-11(10)12(15)16/h4-7,9,14H,3,8H2,1-2H3,(H,15,16). The van der Waals surface area contributed by atoms with Crippen molar-refractivity contribution in [3.05, 3.63) is 35.4 Å². The lowest BCUT2D eigenvalue weighted by Gasteiger charge is -2.13. The maximum atomic E-state index is 11.4. The van der Waals surface area contributed by atoms with Crippen molar-refractivity contribution in [1.82, 2.24) is 5.32 Å². The first-order valence-electron chi connectivity index (χ1n) is 5.77. The normalized spacial score (nSPS) is 11.9. The largest absolute Gasteiger partial charge is 0.478 e. The Balaban J connectivity index is 2.63. The minimum absolute atomic E-state index is 0.237. The number of rotatable bonds is 6. The summed E-state index contributed by atoms with van der Waals surface area (Å²) in [6.45, 7) is 4.06. The average Bonchev–Trinajstić information content (AvgIpc) is 2.36. The second-order valence-electron chi connectivity index (χ2n) is 3.82. The fourth-order valence-corrected chi connectivity index (χ4v) is 1.50. The Hall–Kier alpha value is -1.88. The van der Waals surface area contributed by atoms with Gasteiger partial charge in [-0.15, -0.1) is 0 Å². The molecule has 2 N–H and O–H groups in total. The molecule has 0 amide bonds. The zero-order valence-corrected chi connectivity index (χ0v) is 10.5. The highest BCUT2D eigenvalue weighted by Crippen LogP contribution is 2.08. The van der Waals surface area contributed by atoms with Crippen molar-refractivity contribution in [2.45, 2.75) is 26.4 Å². The van der Waals surface area contributed by atoms with E-state index >= 15 is 0 Å². The molecule has 0 aliphatic rings. The van der Waals surface area contributed by atoms with E-state index in [0.29, 0.717) is 18.7 Å². The van der Waals surface area contributed by atoms with Crippen LogP contribution in [0.3, 0.4) is 0 Å². The fourth-order valence-electron chi connectivity index (χ4n) is 1.50. The molecule has 5 nitrogen and oxygen atoms in total. The molecule has 1 aromatic carbocycles. The highest BCUT2D eigenvalue weighted by molar-refractivity contribution is 5.89. The number of hydrogen-bond donors (Lipinski definition) is 2. The first-order chi connectivity index (χ1) is 8.56. The van der Waals surface area contributed by atoms with Crippen molar-refractivity contribution in [1.29, 1.82) is 0 Å². The Morgan fingerprint density at radius 3 is 2.67 bits per heavy atom. The van der Waals surface area contributed by atoms with Gasteiger partial charge in [0.25, 0.3) is 0 Å². The van der Waals surface area contributed by atoms with Crippen LogP contribution in [0.1, 0.15) is 29.8 Å². The highest BCUT2D eigenvalue weighted by Gasteiger charge is 2.15. The Morgan fingerprint density at radius 1 is 1.39 bits per heavy atom. The van der Waals surface area contributed by atoms with Crippen LogP contribution in [0.25, 0.3) is 0 Å². The molecule has 0 aliphatic carbocycles. The second kappa shape index (κ2) is 6.76. The van der Waals surface area contributed by atoms with E-state index < -0.39 is 12.0 Å². The first-order valence-corrected chi connectivity index (χ1v) is 5.77. The molecule has 1 aromatic rings.